The van der Waals surface area contributed by atoms with Crippen molar-refractivity contribution in [3.8, 4) is 0 Å². The summed E-state index contributed by atoms with van der Waals surface area (Å²) in [5, 5.41) is 7.47. The van der Waals surface area contributed by atoms with E-state index in [1.54, 1.807) is 11.3 Å². The predicted molar refractivity (Wildman–Crippen MR) is 68.0 cm³/mol. The van der Waals surface area contributed by atoms with E-state index in [-0.39, 0.29) is 0 Å². The number of hydrogen-bond acceptors (Lipinski definition) is 3. The largest absolute Gasteiger partial charge is 0.312 e. The van der Waals surface area contributed by atoms with Gasteiger partial charge in [-0.1, -0.05) is 11.6 Å². The summed E-state index contributed by atoms with van der Waals surface area (Å²) in [6.07, 6.45) is 4.88. The summed E-state index contributed by atoms with van der Waals surface area (Å²) in [5.74, 6) is 0. The molecule has 1 atom stereocenters. The Bertz CT molecular complexity index is 463. The van der Waals surface area contributed by atoms with Gasteiger partial charge in [-0.15, -0.1) is 11.3 Å². The van der Waals surface area contributed by atoms with Crippen molar-refractivity contribution in [1.82, 2.24) is 15.1 Å². The summed E-state index contributed by atoms with van der Waals surface area (Å²) in [6.45, 7) is 0. The highest BCUT2D eigenvalue weighted by Crippen LogP contribution is 2.28. The van der Waals surface area contributed by atoms with Crippen molar-refractivity contribution in [2.75, 3.05) is 7.05 Å². The molecule has 0 saturated heterocycles. The van der Waals surface area contributed by atoms with Gasteiger partial charge in [0.25, 0.3) is 0 Å². The van der Waals surface area contributed by atoms with Gasteiger partial charge in [0.05, 0.1) is 10.5 Å². The maximum atomic E-state index is 5.94. The predicted octanol–water partition coefficient (Wildman–Crippen LogP) is 2.64. The fourth-order valence-electron chi connectivity index (χ4n) is 1.67. The van der Waals surface area contributed by atoms with E-state index in [0.717, 1.165) is 10.8 Å². The number of halogens is 1. The van der Waals surface area contributed by atoms with Gasteiger partial charge in [0.1, 0.15) is 0 Å². The summed E-state index contributed by atoms with van der Waals surface area (Å²) in [7, 11) is 3.90. The molecule has 0 spiro atoms. The van der Waals surface area contributed by atoms with Crippen molar-refractivity contribution in [3.05, 3.63) is 39.3 Å². The first-order chi connectivity index (χ1) is 7.69. The van der Waals surface area contributed by atoms with Crippen LogP contribution in [0.25, 0.3) is 0 Å². The Morgan fingerprint density at radius 3 is 2.88 bits per heavy atom. The lowest BCUT2D eigenvalue weighted by Crippen LogP contribution is -2.17. The fraction of sp³-hybridized carbons (Fsp3) is 0.364. The van der Waals surface area contributed by atoms with Crippen molar-refractivity contribution in [2.45, 2.75) is 12.5 Å². The van der Waals surface area contributed by atoms with Gasteiger partial charge >= 0.3 is 0 Å². The van der Waals surface area contributed by atoms with Gasteiger partial charge in [0, 0.05) is 24.2 Å². The van der Waals surface area contributed by atoms with E-state index in [9.17, 15) is 0 Å². The van der Waals surface area contributed by atoms with Crippen LogP contribution in [0.3, 0.4) is 0 Å². The van der Waals surface area contributed by atoms with E-state index in [4.69, 9.17) is 11.6 Å². The van der Waals surface area contributed by atoms with Crippen LogP contribution in [0.5, 0.6) is 0 Å². The van der Waals surface area contributed by atoms with Crippen molar-refractivity contribution in [2.24, 2.45) is 7.05 Å². The van der Waals surface area contributed by atoms with Crippen LogP contribution in [-0.4, -0.2) is 16.8 Å². The molecule has 86 valence electrons. The quantitative estimate of drug-likeness (QED) is 0.910. The number of aromatic nitrogens is 2. The van der Waals surface area contributed by atoms with E-state index in [2.05, 4.69) is 16.5 Å². The van der Waals surface area contributed by atoms with Crippen LogP contribution in [0.2, 0.25) is 4.34 Å². The number of nitrogens with zero attached hydrogens (tertiary/aromatic N) is 2. The molecule has 2 rings (SSSR count). The Morgan fingerprint density at radius 1 is 1.56 bits per heavy atom. The molecular formula is C11H14ClN3S. The number of aryl methyl sites for hydroxylation is 1. The molecule has 0 saturated carbocycles. The number of rotatable bonds is 4. The molecule has 1 unspecified atom stereocenters. The van der Waals surface area contributed by atoms with E-state index in [1.165, 1.54) is 10.4 Å². The van der Waals surface area contributed by atoms with Crippen molar-refractivity contribution >= 4 is 22.9 Å². The minimum Gasteiger partial charge on any atom is -0.312 e. The lowest BCUT2D eigenvalue weighted by molar-refractivity contribution is 0.602. The molecule has 0 aromatic carbocycles. The monoisotopic (exact) mass is 255 g/mol. The molecule has 3 nitrogen and oxygen atoms in total. The Balaban J connectivity index is 2.12. The zero-order chi connectivity index (χ0) is 11.5. The maximum Gasteiger partial charge on any atom is 0.0931 e. The molecule has 0 aliphatic rings. The maximum absolute atomic E-state index is 5.94. The van der Waals surface area contributed by atoms with Gasteiger partial charge in [-0.25, -0.2) is 0 Å². The lowest BCUT2D eigenvalue weighted by Gasteiger charge is -2.12. The van der Waals surface area contributed by atoms with Crippen LogP contribution >= 0.6 is 22.9 Å². The minimum absolute atomic E-state index is 0.307. The summed E-state index contributed by atoms with van der Waals surface area (Å²) < 4.78 is 2.66. The third-order valence-corrected chi connectivity index (χ3v) is 3.83. The molecule has 2 heterocycles. The highest BCUT2D eigenvalue weighted by molar-refractivity contribution is 7.16. The van der Waals surface area contributed by atoms with Gasteiger partial charge in [-0.2, -0.15) is 5.10 Å². The summed E-state index contributed by atoms with van der Waals surface area (Å²) in [6, 6.07) is 4.32. The Labute approximate surface area is 104 Å². The molecule has 1 N–H and O–H groups in total. The first-order valence-electron chi connectivity index (χ1n) is 5.09. The molecule has 0 aliphatic carbocycles. The van der Waals surface area contributed by atoms with Crippen LogP contribution in [0, 0.1) is 0 Å². The third kappa shape index (κ3) is 2.64. The van der Waals surface area contributed by atoms with Gasteiger partial charge in [0.2, 0.25) is 0 Å². The SMILES string of the molecule is CNC(Cc1cnn(C)c1)c1ccc(Cl)s1. The first kappa shape index (κ1) is 11.6. The highest BCUT2D eigenvalue weighted by atomic mass is 35.5. The molecule has 0 bridgehead atoms. The normalized spacial score (nSPS) is 12.9. The van der Waals surface area contributed by atoms with Gasteiger partial charge in [0.15, 0.2) is 0 Å². The smallest absolute Gasteiger partial charge is 0.0931 e. The second kappa shape index (κ2) is 4.99. The van der Waals surface area contributed by atoms with Crippen LogP contribution in [0.4, 0.5) is 0 Å². The average molecular weight is 256 g/mol. The summed E-state index contributed by atoms with van der Waals surface area (Å²) >= 11 is 7.57. The molecule has 0 amide bonds. The molecule has 0 radical (unpaired) electrons. The van der Waals surface area contributed by atoms with Gasteiger partial charge in [-0.3, -0.25) is 4.68 Å². The Hall–Kier alpha value is -0.840. The molecule has 2 aromatic heterocycles. The molecule has 16 heavy (non-hydrogen) atoms. The zero-order valence-corrected chi connectivity index (χ0v) is 10.8. The van der Waals surface area contributed by atoms with Gasteiger partial charge in [-0.05, 0) is 31.2 Å². The van der Waals surface area contributed by atoms with Crippen LogP contribution in [-0.2, 0) is 13.5 Å². The summed E-state index contributed by atoms with van der Waals surface area (Å²) in [4.78, 5) is 1.26. The minimum atomic E-state index is 0.307. The second-order valence-electron chi connectivity index (χ2n) is 3.71. The van der Waals surface area contributed by atoms with E-state index < -0.39 is 0 Å². The number of thiophene rings is 1. The third-order valence-electron chi connectivity index (χ3n) is 2.48. The molecule has 5 heteroatoms. The highest BCUT2D eigenvalue weighted by Gasteiger charge is 2.13. The van der Waals surface area contributed by atoms with E-state index >= 15 is 0 Å². The van der Waals surface area contributed by atoms with Crippen LogP contribution < -0.4 is 5.32 Å². The zero-order valence-electron chi connectivity index (χ0n) is 9.27. The topological polar surface area (TPSA) is 29.9 Å². The molecule has 2 aromatic rings. The molecular weight excluding hydrogens is 242 g/mol. The lowest BCUT2D eigenvalue weighted by atomic mass is 10.1. The number of hydrogen-bond donors (Lipinski definition) is 1. The molecule has 0 fully saturated rings. The molecule has 0 aliphatic heterocycles. The van der Waals surface area contributed by atoms with Crippen molar-refractivity contribution < 1.29 is 0 Å². The summed E-state index contributed by atoms with van der Waals surface area (Å²) in [5.41, 5.74) is 1.23. The fourth-order valence-corrected chi connectivity index (χ4v) is 2.84. The van der Waals surface area contributed by atoms with Gasteiger partial charge < -0.3 is 5.32 Å². The Morgan fingerprint density at radius 2 is 2.38 bits per heavy atom. The second-order valence-corrected chi connectivity index (χ2v) is 5.46. The first-order valence-corrected chi connectivity index (χ1v) is 6.28. The average Bonchev–Trinajstić information content (AvgIpc) is 2.84. The van der Waals surface area contributed by atoms with E-state index in [1.807, 2.05) is 37.2 Å². The van der Waals surface area contributed by atoms with Crippen LogP contribution in [0.1, 0.15) is 16.5 Å². The Kier molecular flexibility index (Phi) is 3.63. The van der Waals surface area contributed by atoms with Crippen molar-refractivity contribution in [3.63, 3.8) is 0 Å². The number of likely N-dealkylation sites (N-methyl/N-ethyl adjacent to an activating group) is 1. The van der Waals surface area contributed by atoms with Crippen LogP contribution in [0.15, 0.2) is 24.5 Å². The van der Waals surface area contributed by atoms with E-state index in [0.29, 0.717) is 6.04 Å². The van der Waals surface area contributed by atoms with Crippen molar-refractivity contribution in [1.29, 1.82) is 0 Å². The standard InChI is InChI=1S/C11H14ClN3S/c1-13-9(10-3-4-11(12)16-10)5-8-6-14-15(2)7-8/h3-4,6-7,9,13H,5H2,1-2H3. The number of nitrogens with one attached hydrogen (secondary N) is 1.